The minimum Gasteiger partial charge on any atom is -0.435 e. The molecule has 2 N–H and O–H groups in total. The van der Waals surface area contributed by atoms with Crippen LogP contribution in [0.2, 0.25) is 0 Å². The van der Waals surface area contributed by atoms with Gasteiger partial charge in [0.15, 0.2) is 0 Å². The van der Waals surface area contributed by atoms with E-state index < -0.39 is 6.09 Å². The number of aryl methyl sites for hydroxylation is 1. The number of aromatic nitrogens is 2. The number of likely N-dealkylation sites (tertiary alicyclic amines) is 1. The number of carboxylic acid groups (broad SMARTS) is 1. The lowest BCUT2D eigenvalue weighted by Gasteiger charge is -2.40. The van der Waals surface area contributed by atoms with Crippen LogP contribution < -0.4 is 9.80 Å². The van der Waals surface area contributed by atoms with Crippen LogP contribution >= 0.6 is 0 Å². The van der Waals surface area contributed by atoms with E-state index in [1.54, 1.807) is 12.4 Å². The largest absolute Gasteiger partial charge is 0.520 e. The second-order valence-corrected chi connectivity index (χ2v) is 6.64. The van der Waals surface area contributed by atoms with Crippen LogP contribution in [0.5, 0.6) is 0 Å². The molecule has 1 amide bonds. The summed E-state index contributed by atoms with van der Waals surface area (Å²) < 4.78 is -0.0594. The van der Waals surface area contributed by atoms with E-state index in [4.69, 9.17) is 0 Å². The van der Waals surface area contributed by atoms with E-state index in [1.807, 2.05) is 6.92 Å². The van der Waals surface area contributed by atoms with Gasteiger partial charge in [-0.15, -0.1) is 0 Å². The van der Waals surface area contributed by atoms with E-state index in [0.29, 0.717) is 24.8 Å². The first-order chi connectivity index (χ1) is 10.6. The first-order valence-corrected chi connectivity index (χ1v) is 8.22. The molecule has 2 aliphatic heterocycles. The predicted molar refractivity (Wildman–Crippen MR) is 84.6 cm³/mol. The SMILES string of the molecule is Cc1cncc([N+]2(C(=O)O)CCC(C3CCNCC3)CC2)n1. The van der Waals surface area contributed by atoms with E-state index in [2.05, 4.69) is 15.3 Å². The highest BCUT2D eigenvalue weighted by atomic mass is 16.4. The van der Waals surface area contributed by atoms with Crippen molar-refractivity contribution in [2.45, 2.75) is 32.6 Å². The molecule has 0 atom stereocenters. The quantitative estimate of drug-likeness (QED) is 0.819. The molecule has 0 spiro atoms. The number of amides is 1. The van der Waals surface area contributed by atoms with Gasteiger partial charge < -0.3 is 10.4 Å². The molecule has 0 radical (unpaired) electrons. The summed E-state index contributed by atoms with van der Waals surface area (Å²) in [6.45, 7) is 5.31. The Hall–Kier alpha value is -1.53. The number of carbonyl (C=O) groups is 1. The molecule has 22 heavy (non-hydrogen) atoms. The highest BCUT2D eigenvalue weighted by Crippen LogP contribution is 2.35. The summed E-state index contributed by atoms with van der Waals surface area (Å²) in [5, 5.41) is 13.2. The second-order valence-electron chi connectivity index (χ2n) is 6.64. The van der Waals surface area contributed by atoms with Crippen molar-refractivity contribution < 1.29 is 9.90 Å². The summed E-state index contributed by atoms with van der Waals surface area (Å²) in [7, 11) is 0. The molecule has 0 unspecified atom stereocenters. The standard InChI is InChI=1S/C16H24N4O2/c1-12-10-18-11-15(19-12)20(16(21)22)8-4-14(5-9-20)13-2-6-17-7-3-13/h10-11,13-14,17H,2-9H2,1H3/p+1. The van der Waals surface area contributed by atoms with E-state index in [9.17, 15) is 9.90 Å². The zero-order valence-electron chi connectivity index (χ0n) is 13.2. The zero-order valence-corrected chi connectivity index (χ0v) is 13.2. The average Bonchev–Trinajstić information content (AvgIpc) is 2.55. The van der Waals surface area contributed by atoms with Gasteiger partial charge in [-0.3, -0.25) is 4.98 Å². The van der Waals surface area contributed by atoms with E-state index in [-0.39, 0.29) is 4.48 Å². The summed E-state index contributed by atoms with van der Waals surface area (Å²) in [5.74, 6) is 1.99. The molecule has 2 aliphatic rings. The van der Waals surface area contributed by atoms with Gasteiger partial charge in [-0.25, -0.2) is 0 Å². The van der Waals surface area contributed by atoms with Gasteiger partial charge in [0, 0.05) is 19.0 Å². The molecule has 2 fully saturated rings. The predicted octanol–water partition coefficient (Wildman–Crippen LogP) is 2.18. The van der Waals surface area contributed by atoms with Gasteiger partial charge in [0.25, 0.3) is 5.82 Å². The van der Waals surface area contributed by atoms with Crippen molar-refractivity contribution in [2.24, 2.45) is 11.8 Å². The summed E-state index contributed by atoms with van der Waals surface area (Å²) in [6.07, 6.45) is 6.86. The molecule has 6 heteroatoms. The number of piperidine rings is 2. The van der Waals surface area contributed by atoms with Crippen molar-refractivity contribution in [1.29, 1.82) is 0 Å². The lowest BCUT2D eigenvalue weighted by atomic mass is 9.78. The average molecular weight is 305 g/mol. The smallest absolute Gasteiger partial charge is 0.435 e. The van der Waals surface area contributed by atoms with Crippen molar-refractivity contribution in [3.8, 4) is 0 Å². The van der Waals surface area contributed by atoms with Gasteiger partial charge >= 0.3 is 6.09 Å². The number of hydrogen-bond acceptors (Lipinski definition) is 4. The molecular weight excluding hydrogens is 280 g/mol. The fraction of sp³-hybridized carbons (Fsp3) is 0.688. The van der Waals surface area contributed by atoms with Crippen LogP contribution in [0.3, 0.4) is 0 Å². The number of nitrogens with zero attached hydrogens (tertiary/aromatic N) is 3. The molecule has 0 aromatic carbocycles. The minimum absolute atomic E-state index is 0.0594. The van der Waals surface area contributed by atoms with Crippen LogP contribution in [-0.2, 0) is 0 Å². The van der Waals surface area contributed by atoms with Gasteiger partial charge in [-0.2, -0.15) is 14.3 Å². The molecule has 0 aliphatic carbocycles. The van der Waals surface area contributed by atoms with E-state index in [0.717, 1.165) is 37.5 Å². The van der Waals surface area contributed by atoms with Crippen LogP contribution in [0.15, 0.2) is 12.4 Å². The van der Waals surface area contributed by atoms with Crippen molar-refractivity contribution >= 4 is 11.9 Å². The van der Waals surface area contributed by atoms with E-state index >= 15 is 0 Å². The molecule has 6 nitrogen and oxygen atoms in total. The normalized spacial score (nSPS) is 30.1. The first kappa shape index (κ1) is 15.4. The van der Waals surface area contributed by atoms with Gasteiger partial charge in [0.2, 0.25) is 0 Å². The Balaban J connectivity index is 1.76. The van der Waals surface area contributed by atoms with Gasteiger partial charge in [-0.1, -0.05) is 0 Å². The van der Waals surface area contributed by atoms with Crippen molar-refractivity contribution in [2.75, 3.05) is 26.2 Å². The number of hydrogen-bond donors (Lipinski definition) is 2. The number of quaternary nitrogens is 1. The van der Waals surface area contributed by atoms with Crippen LogP contribution in [0, 0.1) is 18.8 Å². The fourth-order valence-electron chi connectivity index (χ4n) is 3.99. The van der Waals surface area contributed by atoms with Crippen molar-refractivity contribution in [3.05, 3.63) is 18.1 Å². The third-order valence-electron chi connectivity index (χ3n) is 5.36. The zero-order chi connectivity index (χ0) is 15.6. The summed E-state index contributed by atoms with van der Waals surface area (Å²) >= 11 is 0. The Kier molecular flexibility index (Phi) is 4.40. The van der Waals surface area contributed by atoms with Crippen molar-refractivity contribution in [3.63, 3.8) is 0 Å². The molecule has 1 aromatic heterocycles. The summed E-state index contributed by atoms with van der Waals surface area (Å²) in [4.78, 5) is 20.6. The Morgan fingerprint density at radius 1 is 1.18 bits per heavy atom. The molecule has 1 aromatic rings. The van der Waals surface area contributed by atoms with E-state index in [1.165, 1.54) is 12.8 Å². The lowest BCUT2D eigenvalue weighted by Crippen LogP contribution is -2.59. The highest BCUT2D eigenvalue weighted by molar-refractivity contribution is 5.79. The monoisotopic (exact) mass is 305 g/mol. The van der Waals surface area contributed by atoms with Crippen LogP contribution in [0.4, 0.5) is 10.6 Å². The summed E-state index contributed by atoms with van der Waals surface area (Å²) in [6, 6.07) is 0. The Bertz CT molecular complexity index is 535. The number of nitrogens with one attached hydrogen (secondary N) is 1. The third kappa shape index (κ3) is 2.85. The number of rotatable bonds is 2. The molecule has 0 saturated carbocycles. The molecular formula is C16H25N4O2+. The summed E-state index contributed by atoms with van der Waals surface area (Å²) in [5.41, 5.74) is 0.775. The van der Waals surface area contributed by atoms with Crippen LogP contribution in [-0.4, -0.2) is 47.3 Å². The van der Waals surface area contributed by atoms with Crippen LogP contribution in [0.25, 0.3) is 0 Å². The lowest BCUT2D eigenvalue weighted by molar-refractivity contribution is 0.105. The van der Waals surface area contributed by atoms with Crippen molar-refractivity contribution in [1.82, 2.24) is 19.8 Å². The third-order valence-corrected chi connectivity index (χ3v) is 5.36. The Morgan fingerprint density at radius 3 is 2.41 bits per heavy atom. The maximum Gasteiger partial charge on any atom is 0.520 e. The fourth-order valence-corrected chi connectivity index (χ4v) is 3.99. The first-order valence-electron chi connectivity index (χ1n) is 8.22. The van der Waals surface area contributed by atoms with Gasteiger partial charge in [-0.05, 0) is 44.7 Å². The molecule has 2 saturated heterocycles. The van der Waals surface area contributed by atoms with Gasteiger partial charge in [0.05, 0.1) is 18.8 Å². The minimum atomic E-state index is -0.802. The molecule has 0 bridgehead atoms. The maximum atomic E-state index is 12.0. The van der Waals surface area contributed by atoms with Gasteiger partial charge in [0.1, 0.15) is 6.20 Å². The molecule has 3 rings (SSSR count). The Labute approximate surface area is 131 Å². The van der Waals surface area contributed by atoms with Crippen LogP contribution in [0.1, 0.15) is 31.4 Å². The Morgan fingerprint density at radius 2 is 1.82 bits per heavy atom. The highest BCUT2D eigenvalue weighted by Gasteiger charge is 2.46. The second kappa shape index (κ2) is 6.30. The maximum absolute atomic E-state index is 12.0. The topological polar surface area (TPSA) is 75.1 Å². The molecule has 3 heterocycles. The molecule has 120 valence electrons.